The SMILES string of the molecule is CC(C)(C)C(=O)Nc1ccc(-c2csc(NC(=O)c3ccc(-n4cccn4)nc3)n2)cc1. The van der Waals surface area contributed by atoms with Crippen LogP contribution in [0.2, 0.25) is 0 Å². The second-order valence-corrected chi connectivity index (χ2v) is 8.99. The van der Waals surface area contributed by atoms with Gasteiger partial charge in [0.1, 0.15) is 0 Å². The zero-order valence-electron chi connectivity index (χ0n) is 17.9. The van der Waals surface area contributed by atoms with Crippen LogP contribution in [0.1, 0.15) is 31.1 Å². The zero-order chi connectivity index (χ0) is 22.7. The quantitative estimate of drug-likeness (QED) is 0.465. The smallest absolute Gasteiger partial charge is 0.259 e. The number of hydrogen-bond acceptors (Lipinski definition) is 6. The fourth-order valence-electron chi connectivity index (χ4n) is 2.74. The van der Waals surface area contributed by atoms with Gasteiger partial charge in [-0.05, 0) is 30.3 Å². The summed E-state index contributed by atoms with van der Waals surface area (Å²) in [5.74, 6) is 0.298. The summed E-state index contributed by atoms with van der Waals surface area (Å²) < 4.78 is 1.62. The maximum Gasteiger partial charge on any atom is 0.259 e. The van der Waals surface area contributed by atoms with E-state index in [1.807, 2.05) is 50.4 Å². The zero-order valence-corrected chi connectivity index (χ0v) is 18.7. The van der Waals surface area contributed by atoms with E-state index in [9.17, 15) is 9.59 Å². The standard InChI is InChI=1S/C23H22N6O2S/c1-23(2,3)21(31)26-17-8-5-15(6-9-17)18-14-32-22(27-18)28-20(30)16-7-10-19(24-13-16)29-12-4-11-25-29/h4-14H,1-3H3,(H,26,31)(H,27,28,30). The van der Waals surface area contributed by atoms with Crippen LogP contribution in [0, 0.1) is 5.41 Å². The fraction of sp³-hybridized carbons (Fsp3) is 0.174. The van der Waals surface area contributed by atoms with Crippen LogP contribution in [0.15, 0.2) is 66.4 Å². The van der Waals surface area contributed by atoms with Gasteiger partial charge in [0.25, 0.3) is 5.91 Å². The summed E-state index contributed by atoms with van der Waals surface area (Å²) in [6.07, 6.45) is 4.95. The molecular weight excluding hydrogens is 424 g/mol. The molecule has 3 aromatic heterocycles. The number of amides is 2. The Hall–Kier alpha value is -3.85. The maximum atomic E-state index is 12.5. The van der Waals surface area contributed by atoms with Gasteiger partial charge < -0.3 is 5.32 Å². The molecule has 0 aliphatic carbocycles. The molecule has 1 aromatic carbocycles. The van der Waals surface area contributed by atoms with Gasteiger partial charge in [-0.3, -0.25) is 14.9 Å². The molecule has 32 heavy (non-hydrogen) atoms. The van der Waals surface area contributed by atoms with E-state index >= 15 is 0 Å². The number of carbonyl (C=O) groups is 2. The minimum Gasteiger partial charge on any atom is -0.326 e. The van der Waals surface area contributed by atoms with Gasteiger partial charge in [-0.2, -0.15) is 5.10 Å². The second-order valence-electron chi connectivity index (χ2n) is 8.13. The Morgan fingerprint density at radius 1 is 1.03 bits per heavy atom. The Bertz CT molecular complexity index is 1220. The third-order valence-electron chi connectivity index (χ3n) is 4.59. The Kier molecular flexibility index (Phi) is 5.83. The maximum absolute atomic E-state index is 12.5. The predicted molar refractivity (Wildman–Crippen MR) is 125 cm³/mol. The number of pyridine rings is 1. The first kappa shape index (κ1) is 21.4. The second kappa shape index (κ2) is 8.72. The summed E-state index contributed by atoms with van der Waals surface area (Å²) in [7, 11) is 0. The predicted octanol–water partition coefficient (Wildman–Crippen LogP) is 4.63. The van der Waals surface area contributed by atoms with Crippen molar-refractivity contribution in [3.05, 3.63) is 72.0 Å². The van der Waals surface area contributed by atoms with Crippen molar-refractivity contribution < 1.29 is 9.59 Å². The summed E-state index contributed by atoms with van der Waals surface area (Å²) >= 11 is 1.34. The van der Waals surface area contributed by atoms with Crippen molar-refractivity contribution in [1.82, 2.24) is 19.7 Å². The van der Waals surface area contributed by atoms with Crippen molar-refractivity contribution in [3.63, 3.8) is 0 Å². The molecule has 0 bridgehead atoms. The van der Waals surface area contributed by atoms with Crippen molar-refractivity contribution in [2.24, 2.45) is 5.41 Å². The van der Waals surface area contributed by atoms with Crippen LogP contribution in [0.4, 0.5) is 10.8 Å². The molecule has 2 N–H and O–H groups in total. The first-order valence-corrected chi connectivity index (χ1v) is 10.8. The molecule has 0 aliphatic rings. The highest BCUT2D eigenvalue weighted by atomic mass is 32.1. The average Bonchev–Trinajstić information content (AvgIpc) is 3.46. The highest BCUT2D eigenvalue weighted by Gasteiger charge is 2.21. The van der Waals surface area contributed by atoms with E-state index < -0.39 is 5.41 Å². The number of nitrogens with zero attached hydrogens (tertiary/aromatic N) is 4. The topological polar surface area (TPSA) is 102 Å². The van der Waals surface area contributed by atoms with Crippen molar-refractivity contribution in [2.75, 3.05) is 10.6 Å². The van der Waals surface area contributed by atoms with Gasteiger partial charge in [0, 0.05) is 40.6 Å². The molecule has 0 spiro atoms. The van der Waals surface area contributed by atoms with Crippen LogP contribution in [0.25, 0.3) is 17.1 Å². The number of hydrogen-bond donors (Lipinski definition) is 2. The number of carbonyl (C=O) groups excluding carboxylic acids is 2. The molecule has 0 saturated carbocycles. The van der Waals surface area contributed by atoms with Crippen LogP contribution in [-0.2, 0) is 4.79 Å². The molecule has 3 heterocycles. The van der Waals surface area contributed by atoms with Gasteiger partial charge in [-0.1, -0.05) is 32.9 Å². The summed E-state index contributed by atoms with van der Waals surface area (Å²) in [6.45, 7) is 5.60. The average molecular weight is 447 g/mol. The molecule has 4 aromatic rings. The number of thiazole rings is 1. The van der Waals surface area contributed by atoms with E-state index in [0.29, 0.717) is 16.5 Å². The third-order valence-corrected chi connectivity index (χ3v) is 5.35. The molecule has 0 saturated heterocycles. The molecule has 0 radical (unpaired) electrons. The van der Waals surface area contributed by atoms with Gasteiger partial charge in [0.15, 0.2) is 10.9 Å². The van der Waals surface area contributed by atoms with Crippen LogP contribution < -0.4 is 10.6 Å². The highest BCUT2D eigenvalue weighted by Crippen LogP contribution is 2.27. The molecule has 8 nitrogen and oxygen atoms in total. The normalized spacial score (nSPS) is 11.2. The third kappa shape index (κ3) is 4.89. The van der Waals surface area contributed by atoms with Gasteiger partial charge in [-0.25, -0.2) is 14.6 Å². The Morgan fingerprint density at radius 2 is 1.81 bits per heavy atom. The lowest BCUT2D eigenvalue weighted by Crippen LogP contribution is -2.27. The Labute approximate surface area is 189 Å². The van der Waals surface area contributed by atoms with E-state index in [-0.39, 0.29) is 11.8 Å². The first-order valence-electron chi connectivity index (χ1n) is 9.94. The van der Waals surface area contributed by atoms with E-state index in [4.69, 9.17) is 0 Å². The van der Waals surface area contributed by atoms with E-state index in [0.717, 1.165) is 16.9 Å². The number of rotatable bonds is 5. The van der Waals surface area contributed by atoms with Crippen LogP contribution in [0.3, 0.4) is 0 Å². The molecule has 2 amide bonds. The fourth-order valence-corrected chi connectivity index (χ4v) is 3.45. The molecule has 9 heteroatoms. The lowest BCUT2D eigenvalue weighted by molar-refractivity contribution is -0.123. The van der Waals surface area contributed by atoms with Crippen molar-refractivity contribution >= 4 is 34.0 Å². The van der Waals surface area contributed by atoms with Crippen molar-refractivity contribution in [3.8, 4) is 17.1 Å². The van der Waals surface area contributed by atoms with Gasteiger partial charge in [0.2, 0.25) is 5.91 Å². The number of aromatic nitrogens is 4. The minimum absolute atomic E-state index is 0.0453. The van der Waals surface area contributed by atoms with Crippen molar-refractivity contribution in [1.29, 1.82) is 0 Å². The van der Waals surface area contributed by atoms with Gasteiger partial charge in [-0.15, -0.1) is 11.3 Å². The van der Waals surface area contributed by atoms with Gasteiger partial charge >= 0.3 is 0 Å². The molecule has 0 atom stereocenters. The van der Waals surface area contributed by atoms with Crippen LogP contribution >= 0.6 is 11.3 Å². The van der Waals surface area contributed by atoms with E-state index in [2.05, 4.69) is 25.7 Å². The molecule has 162 valence electrons. The number of benzene rings is 1. The Balaban J connectivity index is 1.40. The molecule has 0 unspecified atom stereocenters. The lowest BCUT2D eigenvalue weighted by atomic mass is 9.95. The largest absolute Gasteiger partial charge is 0.326 e. The van der Waals surface area contributed by atoms with Crippen LogP contribution in [-0.4, -0.2) is 31.6 Å². The molecule has 0 aliphatic heterocycles. The highest BCUT2D eigenvalue weighted by molar-refractivity contribution is 7.14. The minimum atomic E-state index is -0.463. The molecule has 4 rings (SSSR count). The Morgan fingerprint density at radius 3 is 2.44 bits per heavy atom. The lowest BCUT2D eigenvalue weighted by Gasteiger charge is -2.17. The summed E-state index contributed by atoms with van der Waals surface area (Å²) in [5.41, 5.74) is 2.32. The summed E-state index contributed by atoms with van der Waals surface area (Å²) in [6, 6.07) is 12.7. The number of anilines is 2. The monoisotopic (exact) mass is 446 g/mol. The van der Waals surface area contributed by atoms with E-state index in [1.54, 1.807) is 35.3 Å². The van der Waals surface area contributed by atoms with Crippen LogP contribution in [0.5, 0.6) is 0 Å². The van der Waals surface area contributed by atoms with Crippen molar-refractivity contribution in [2.45, 2.75) is 20.8 Å². The van der Waals surface area contributed by atoms with E-state index in [1.165, 1.54) is 17.5 Å². The molecule has 0 fully saturated rings. The molecular formula is C23H22N6O2S. The number of nitrogens with one attached hydrogen (secondary N) is 2. The van der Waals surface area contributed by atoms with Gasteiger partial charge in [0.05, 0.1) is 11.3 Å². The first-order chi connectivity index (χ1) is 15.3. The summed E-state index contributed by atoms with van der Waals surface area (Å²) in [4.78, 5) is 33.4. The summed E-state index contributed by atoms with van der Waals surface area (Å²) in [5, 5.41) is 12.2.